The van der Waals surface area contributed by atoms with E-state index in [0.717, 1.165) is 5.69 Å². The van der Waals surface area contributed by atoms with E-state index < -0.39 is 0 Å². The highest BCUT2D eigenvalue weighted by Crippen LogP contribution is 2.24. The molecule has 1 aromatic rings. The van der Waals surface area contributed by atoms with Crippen LogP contribution in [-0.2, 0) is 0 Å². The van der Waals surface area contributed by atoms with E-state index in [0.29, 0.717) is 5.92 Å². The maximum Gasteiger partial charge on any atom is 0.325 e. The molecule has 1 aliphatic rings. The van der Waals surface area contributed by atoms with Crippen LogP contribution in [0.15, 0.2) is 36.5 Å². The standard InChI is InChI=1S/C16H22N2O2/c1-18(14-7-9-15(19)10-8-14)16(20)17-12-11-13-5-3-2-4-6-13/h7-13,19H,2-6H2,1H3,(H,17,20)/b12-11+. The average Bonchev–Trinajstić information content (AvgIpc) is 2.48. The molecule has 4 heteroatoms. The predicted octanol–water partition coefficient (Wildman–Crippen LogP) is 3.63. The van der Waals surface area contributed by atoms with Gasteiger partial charge in [0.25, 0.3) is 0 Å². The van der Waals surface area contributed by atoms with Crippen LogP contribution in [0.5, 0.6) is 5.75 Å². The number of anilines is 1. The first kappa shape index (κ1) is 14.4. The number of carbonyl (C=O) groups is 1. The molecule has 4 nitrogen and oxygen atoms in total. The van der Waals surface area contributed by atoms with E-state index in [1.54, 1.807) is 37.5 Å². The average molecular weight is 274 g/mol. The molecule has 2 amide bonds. The van der Waals surface area contributed by atoms with Crippen molar-refractivity contribution in [3.63, 3.8) is 0 Å². The van der Waals surface area contributed by atoms with Crippen LogP contribution in [0.2, 0.25) is 0 Å². The second-order valence-electron chi connectivity index (χ2n) is 5.28. The van der Waals surface area contributed by atoms with Gasteiger partial charge in [0.2, 0.25) is 0 Å². The van der Waals surface area contributed by atoms with Gasteiger partial charge in [-0.2, -0.15) is 0 Å². The minimum Gasteiger partial charge on any atom is -0.508 e. The number of nitrogens with one attached hydrogen (secondary N) is 1. The first-order chi connectivity index (χ1) is 9.66. The van der Waals surface area contributed by atoms with Gasteiger partial charge in [0, 0.05) is 18.9 Å². The van der Waals surface area contributed by atoms with Crippen LogP contribution < -0.4 is 10.2 Å². The summed E-state index contributed by atoms with van der Waals surface area (Å²) >= 11 is 0. The largest absolute Gasteiger partial charge is 0.508 e. The molecule has 0 aliphatic heterocycles. The van der Waals surface area contributed by atoms with Crippen molar-refractivity contribution in [1.82, 2.24) is 5.32 Å². The van der Waals surface area contributed by atoms with Gasteiger partial charge in [-0.1, -0.05) is 25.3 Å². The Hall–Kier alpha value is -1.97. The molecule has 0 radical (unpaired) electrons. The number of urea groups is 1. The van der Waals surface area contributed by atoms with Crippen molar-refractivity contribution < 1.29 is 9.90 Å². The van der Waals surface area contributed by atoms with Crippen LogP contribution in [0, 0.1) is 5.92 Å². The van der Waals surface area contributed by atoms with Gasteiger partial charge in [-0.15, -0.1) is 0 Å². The van der Waals surface area contributed by atoms with E-state index in [1.807, 2.05) is 0 Å². The van der Waals surface area contributed by atoms with Crippen LogP contribution in [-0.4, -0.2) is 18.2 Å². The van der Waals surface area contributed by atoms with Gasteiger partial charge in [-0.25, -0.2) is 4.79 Å². The Labute approximate surface area is 120 Å². The highest BCUT2D eigenvalue weighted by atomic mass is 16.3. The lowest BCUT2D eigenvalue weighted by atomic mass is 9.89. The van der Waals surface area contributed by atoms with Crippen LogP contribution in [0.4, 0.5) is 10.5 Å². The molecular formula is C16H22N2O2. The highest BCUT2D eigenvalue weighted by Gasteiger charge is 2.11. The molecule has 20 heavy (non-hydrogen) atoms. The maximum atomic E-state index is 12.0. The fraction of sp³-hybridized carbons (Fsp3) is 0.438. The number of hydrogen-bond acceptors (Lipinski definition) is 2. The van der Waals surface area contributed by atoms with Crippen LogP contribution >= 0.6 is 0 Å². The minimum atomic E-state index is -0.178. The third kappa shape index (κ3) is 4.02. The summed E-state index contributed by atoms with van der Waals surface area (Å²) in [5.74, 6) is 0.794. The van der Waals surface area contributed by atoms with Gasteiger partial charge in [0.1, 0.15) is 5.75 Å². The molecule has 1 aliphatic carbocycles. The summed E-state index contributed by atoms with van der Waals surface area (Å²) in [7, 11) is 1.70. The Morgan fingerprint density at radius 2 is 1.90 bits per heavy atom. The molecule has 108 valence electrons. The summed E-state index contributed by atoms with van der Waals surface area (Å²) in [6.07, 6.45) is 10.2. The monoisotopic (exact) mass is 274 g/mol. The first-order valence-electron chi connectivity index (χ1n) is 7.17. The highest BCUT2D eigenvalue weighted by molar-refractivity contribution is 5.91. The molecule has 0 bridgehead atoms. The molecule has 1 aromatic carbocycles. The summed E-state index contributed by atoms with van der Waals surface area (Å²) in [6, 6.07) is 6.37. The quantitative estimate of drug-likeness (QED) is 0.884. The molecular weight excluding hydrogens is 252 g/mol. The number of rotatable bonds is 3. The maximum absolute atomic E-state index is 12.0. The predicted molar refractivity (Wildman–Crippen MR) is 80.8 cm³/mol. The number of carbonyl (C=O) groups excluding carboxylic acids is 1. The van der Waals surface area contributed by atoms with Gasteiger partial charge in [-0.3, -0.25) is 4.90 Å². The third-order valence-corrected chi connectivity index (χ3v) is 3.77. The molecule has 1 saturated carbocycles. The summed E-state index contributed by atoms with van der Waals surface area (Å²) in [5.41, 5.74) is 0.742. The third-order valence-electron chi connectivity index (χ3n) is 3.77. The Morgan fingerprint density at radius 3 is 2.55 bits per heavy atom. The SMILES string of the molecule is CN(C(=O)N/C=C/C1CCCCC1)c1ccc(O)cc1. The number of phenols is 1. The Bertz CT molecular complexity index is 462. The summed E-state index contributed by atoms with van der Waals surface area (Å²) in [4.78, 5) is 13.5. The lowest BCUT2D eigenvalue weighted by Gasteiger charge is -2.19. The Morgan fingerprint density at radius 1 is 1.25 bits per heavy atom. The first-order valence-corrected chi connectivity index (χ1v) is 7.17. The van der Waals surface area contributed by atoms with Gasteiger partial charge in [0.15, 0.2) is 0 Å². The van der Waals surface area contributed by atoms with E-state index in [2.05, 4.69) is 11.4 Å². The summed E-state index contributed by atoms with van der Waals surface area (Å²) in [5, 5.41) is 12.0. The lowest BCUT2D eigenvalue weighted by molar-refractivity contribution is 0.250. The van der Waals surface area contributed by atoms with Crippen molar-refractivity contribution in [2.45, 2.75) is 32.1 Å². The van der Waals surface area contributed by atoms with E-state index in [9.17, 15) is 9.90 Å². The zero-order valence-corrected chi connectivity index (χ0v) is 11.9. The zero-order chi connectivity index (χ0) is 14.4. The zero-order valence-electron chi connectivity index (χ0n) is 11.9. The smallest absolute Gasteiger partial charge is 0.325 e. The van der Waals surface area contributed by atoms with Crippen molar-refractivity contribution in [3.05, 3.63) is 36.5 Å². The van der Waals surface area contributed by atoms with Crippen molar-refractivity contribution in [2.75, 3.05) is 11.9 Å². The van der Waals surface area contributed by atoms with Crippen LogP contribution in [0.3, 0.4) is 0 Å². The second kappa shape index (κ2) is 6.98. The van der Waals surface area contributed by atoms with Gasteiger partial charge in [-0.05, 0) is 43.0 Å². The van der Waals surface area contributed by atoms with Crippen molar-refractivity contribution in [2.24, 2.45) is 5.92 Å². The number of nitrogens with zero attached hydrogens (tertiary/aromatic N) is 1. The molecule has 0 aromatic heterocycles. The molecule has 0 unspecified atom stereocenters. The summed E-state index contributed by atoms with van der Waals surface area (Å²) < 4.78 is 0. The molecule has 0 atom stereocenters. The fourth-order valence-electron chi connectivity index (χ4n) is 2.47. The molecule has 2 N–H and O–H groups in total. The lowest BCUT2D eigenvalue weighted by Crippen LogP contribution is -2.34. The Kier molecular flexibility index (Phi) is 5.04. The number of hydrogen-bond donors (Lipinski definition) is 2. The number of benzene rings is 1. The van der Waals surface area contributed by atoms with Crippen molar-refractivity contribution in [1.29, 1.82) is 0 Å². The number of aromatic hydroxyl groups is 1. The normalized spacial score (nSPS) is 16.2. The van der Waals surface area contributed by atoms with E-state index in [4.69, 9.17) is 0 Å². The molecule has 0 heterocycles. The number of phenolic OH excluding ortho intramolecular Hbond substituents is 1. The number of allylic oxidation sites excluding steroid dienone is 1. The Balaban J connectivity index is 1.84. The van der Waals surface area contributed by atoms with Gasteiger partial charge in [0.05, 0.1) is 0 Å². The van der Waals surface area contributed by atoms with Gasteiger partial charge < -0.3 is 10.4 Å². The fourth-order valence-corrected chi connectivity index (χ4v) is 2.47. The van der Waals surface area contributed by atoms with Gasteiger partial charge >= 0.3 is 6.03 Å². The van der Waals surface area contributed by atoms with Crippen molar-refractivity contribution in [3.8, 4) is 5.75 Å². The molecule has 1 fully saturated rings. The van der Waals surface area contributed by atoms with Crippen molar-refractivity contribution >= 4 is 11.7 Å². The van der Waals surface area contributed by atoms with E-state index in [1.165, 1.54) is 37.0 Å². The van der Waals surface area contributed by atoms with E-state index in [-0.39, 0.29) is 11.8 Å². The number of amides is 2. The molecule has 0 saturated heterocycles. The molecule has 0 spiro atoms. The minimum absolute atomic E-state index is 0.178. The van der Waals surface area contributed by atoms with Crippen LogP contribution in [0.25, 0.3) is 0 Å². The second-order valence-corrected chi connectivity index (χ2v) is 5.28. The van der Waals surface area contributed by atoms with E-state index >= 15 is 0 Å². The molecule has 2 rings (SSSR count). The topological polar surface area (TPSA) is 52.6 Å². The summed E-state index contributed by atoms with van der Waals surface area (Å²) in [6.45, 7) is 0. The van der Waals surface area contributed by atoms with Crippen LogP contribution in [0.1, 0.15) is 32.1 Å².